The molecule has 0 saturated carbocycles. The van der Waals surface area contributed by atoms with Crippen LogP contribution in [0.4, 0.5) is 0 Å². The maximum Gasteiger partial charge on any atom is 0.339 e. The molecule has 2 rings (SSSR count). The summed E-state index contributed by atoms with van der Waals surface area (Å²) >= 11 is 11.9. The maximum atomic E-state index is 12.1. The zero-order chi connectivity index (χ0) is 15.6. The van der Waals surface area contributed by atoms with Crippen molar-refractivity contribution in [2.75, 3.05) is 6.61 Å². The van der Waals surface area contributed by atoms with Crippen molar-refractivity contribution in [2.45, 2.75) is 13.8 Å². The third-order valence-corrected chi connectivity index (χ3v) is 3.73. The number of pyridine rings is 1. The monoisotopic (exact) mass is 325 g/mol. The van der Waals surface area contributed by atoms with E-state index in [1.54, 1.807) is 32.0 Å². The van der Waals surface area contributed by atoms with E-state index in [0.717, 1.165) is 0 Å². The van der Waals surface area contributed by atoms with E-state index in [4.69, 9.17) is 27.9 Å². The SMILES string of the molecule is CCOC(=O)c1ccc(=O)n(-c2ccc(Cl)c(Cl)c2)c1C. The van der Waals surface area contributed by atoms with Gasteiger partial charge < -0.3 is 4.74 Å². The Morgan fingerprint density at radius 3 is 2.52 bits per heavy atom. The Morgan fingerprint density at radius 2 is 1.90 bits per heavy atom. The lowest BCUT2D eigenvalue weighted by Crippen LogP contribution is -2.23. The molecule has 1 aromatic carbocycles. The Labute approximate surface area is 131 Å². The number of hydrogen-bond acceptors (Lipinski definition) is 3. The van der Waals surface area contributed by atoms with Crippen LogP contribution in [0.25, 0.3) is 5.69 Å². The first-order chi connectivity index (χ1) is 9.95. The van der Waals surface area contributed by atoms with Crippen LogP contribution in [0.15, 0.2) is 35.1 Å². The average molecular weight is 326 g/mol. The van der Waals surface area contributed by atoms with E-state index in [2.05, 4.69) is 0 Å². The van der Waals surface area contributed by atoms with Crippen molar-refractivity contribution in [2.24, 2.45) is 0 Å². The summed E-state index contributed by atoms with van der Waals surface area (Å²) in [6.45, 7) is 3.67. The van der Waals surface area contributed by atoms with E-state index < -0.39 is 5.97 Å². The number of ether oxygens (including phenoxy) is 1. The van der Waals surface area contributed by atoms with Gasteiger partial charge in [-0.3, -0.25) is 9.36 Å². The highest BCUT2D eigenvalue weighted by Gasteiger charge is 2.15. The molecule has 0 spiro atoms. The minimum atomic E-state index is -0.469. The largest absolute Gasteiger partial charge is 0.462 e. The van der Waals surface area contributed by atoms with Crippen molar-refractivity contribution >= 4 is 29.2 Å². The molecule has 0 saturated heterocycles. The molecule has 6 heteroatoms. The number of rotatable bonds is 3. The molecule has 0 amide bonds. The molecule has 0 aliphatic carbocycles. The second-order valence-corrected chi connectivity index (χ2v) is 5.14. The highest BCUT2D eigenvalue weighted by atomic mass is 35.5. The fourth-order valence-corrected chi connectivity index (χ4v) is 2.30. The van der Waals surface area contributed by atoms with Gasteiger partial charge in [0.15, 0.2) is 0 Å². The van der Waals surface area contributed by atoms with Gasteiger partial charge in [-0.25, -0.2) is 4.79 Å². The first-order valence-corrected chi connectivity index (χ1v) is 7.06. The van der Waals surface area contributed by atoms with Gasteiger partial charge in [0.2, 0.25) is 0 Å². The molecular weight excluding hydrogens is 313 g/mol. The smallest absolute Gasteiger partial charge is 0.339 e. The minimum Gasteiger partial charge on any atom is -0.462 e. The number of nitrogens with zero attached hydrogens (tertiary/aromatic N) is 1. The molecule has 0 N–H and O–H groups in total. The molecular formula is C15H13Cl2NO3. The van der Waals surface area contributed by atoms with Gasteiger partial charge in [0.25, 0.3) is 5.56 Å². The molecule has 4 nitrogen and oxygen atoms in total. The van der Waals surface area contributed by atoms with Crippen LogP contribution in [0.5, 0.6) is 0 Å². The van der Waals surface area contributed by atoms with Crippen LogP contribution in [0, 0.1) is 6.92 Å². The van der Waals surface area contributed by atoms with Crippen LogP contribution < -0.4 is 5.56 Å². The van der Waals surface area contributed by atoms with Crippen LogP contribution >= 0.6 is 23.2 Å². The molecule has 0 aliphatic rings. The zero-order valence-electron chi connectivity index (χ0n) is 11.5. The van der Waals surface area contributed by atoms with Crippen LogP contribution in [0.1, 0.15) is 23.0 Å². The van der Waals surface area contributed by atoms with E-state index in [1.165, 1.54) is 16.7 Å². The number of hydrogen-bond donors (Lipinski definition) is 0. The average Bonchev–Trinajstić information content (AvgIpc) is 2.43. The minimum absolute atomic E-state index is 0.265. The number of carbonyl (C=O) groups is 1. The van der Waals surface area contributed by atoms with Crippen molar-refractivity contribution in [1.29, 1.82) is 0 Å². The molecule has 2 aromatic rings. The van der Waals surface area contributed by atoms with Gasteiger partial charge in [-0.15, -0.1) is 0 Å². The molecule has 0 radical (unpaired) electrons. The number of halogens is 2. The standard InChI is InChI=1S/C15H13Cl2NO3/c1-3-21-15(20)11-5-7-14(19)18(9(11)2)10-4-6-12(16)13(17)8-10/h4-8H,3H2,1-2H3. The highest BCUT2D eigenvalue weighted by Crippen LogP contribution is 2.24. The molecule has 21 heavy (non-hydrogen) atoms. The molecule has 1 heterocycles. The Hall–Kier alpha value is -1.78. The summed E-state index contributed by atoms with van der Waals surface area (Å²) in [7, 11) is 0. The molecule has 0 fully saturated rings. The predicted octanol–water partition coefficient (Wildman–Crippen LogP) is 3.63. The Balaban J connectivity index is 2.63. The molecule has 0 unspecified atom stereocenters. The van der Waals surface area contributed by atoms with Crippen molar-refractivity contribution in [3.8, 4) is 5.69 Å². The second kappa shape index (κ2) is 6.33. The summed E-state index contributed by atoms with van der Waals surface area (Å²) in [5, 5.41) is 0.731. The summed E-state index contributed by atoms with van der Waals surface area (Å²) < 4.78 is 6.38. The second-order valence-electron chi connectivity index (χ2n) is 4.32. The van der Waals surface area contributed by atoms with Crippen molar-refractivity contribution in [3.63, 3.8) is 0 Å². The number of aromatic nitrogens is 1. The van der Waals surface area contributed by atoms with Crippen LogP contribution in [0.2, 0.25) is 10.0 Å². The summed E-state index contributed by atoms with van der Waals surface area (Å²) in [5.41, 5.74) is 1.10. The quantitative estimate of drug-likeness (QED) is 0.809. The molecule has 0 bridgehead atoms. The van der Waals surface area contributed by atoms with E-state index in [1.807, 2.05) is 0 Å². The lowest BCUT2D eigenvalue weighted by atomic mass is 10.2. The van der Waals surface area contributed by atoms with Crippen LogP contribution in [-0.4, -0.2) is 17.1 Å². The maximum absolute atomic E-state index is 12.1. The zero-order valence-corrected chi connectivity index (χ0v) is 13.0. The molecule has 0 atom stereocenters. The lowest BCUT2D eigenvalue weighted by molar-refractivity contribution is 0.0524. The topological polar surface area (TPSA) is 48.3 Å². The van der Waals surface area contributed by atoms with Crippen LogP contribution in [-0.2, 0) is 4.74 Å². The van der Waals surface area contributed by atoms with Gasteiger partial charge in [0, 0.05) is 11.8 Å². The van der Waals surface area contributed by atoms with E-state index in [9.17, 15) is 9.59 Å². The summed E-state index contributed by atoms with van der Waals surface area (Å²) in [5.74, 6) is -0.469. The number of carbonyl (C=O) groups excluding carboxylic acids is 1. The van der Waals surface area contributed by atoms with E-state index in [-0.39, 0.29) is 12.2 Å². The first kappa shape index (κ1) is 15.6. The summed E-state index contributed by atoms with van der Waals surface area (Å²) in [4.78, 5) is 24.0. The Bertz CT molecular complexity index is 753. The Morgan fingerprint density at radius 1 is 1.19 bits per heavy atom. The van der Waals surface area contributed by atoms with Crippen molar-refractivity contribution in [3.05, 3.63) is 62.0 Å². The van der Waals surface area contributed by atoms with Gasteiger partial charge >= 0.3 is 5.97 Å². The third kappa shape index (κ3) is 3.12. The van der Waals surface area contributed by atoms with Crippen molar-refractivity contribution in [1.82, 2.24) is 4.57 Å². The van der Waals surface area contributed by atoms with E-state index in [0.29, 0.717) is 27.0 Å². The Kier molecular flexibility index (Phi) is 4.70. The fourth-order valence-electron chi connectivity index (χ4n) is 2.01. The number of esters is 1. The first-order valence-electron chi connectivity index (χ1n) is 6.31. The van der Waals surface area contributed by atoms with Gasteiger partial charge in [-0.05, 0) is 38.1 Å². The van der Waals surface area contributed by atoms with Gasteiger partial charge in [-0.1, -0.05) is 23.2 Å². The van der Waals surface area contributed by atoms with Gasteiger partial charge in [-0.2, -0.15) is 0 Å². The normalized spacial score (nSPS) is 10.5. The molecule has 110 valence electrons. The summed E-state index contributed by atoms with van der Waals surface area (Å²) in [6.07, 6.45) is 0. The van der Waals surface area contributed by atoms with Crippen LogP contribution in [0.3, 0.4) is 0 Å². The van der Waals surface area contributed by atoms with Gasteiger partial charge in [0.05, 0.1) is 27.9 Å². The third-order valence-electron chi connectivity index (χ3n) is 2.99. The predicted molar refractivity (Wildman–Crippen MR) is 82.8 cm³/mol. The van der Waals surface area contributed by atoms with E-state index >= 15 is 0 Å². The summed E-state index contributed by atoms with van der Waals surface area (Å²) in [6, 6.07) is 7.62. The lowest BCUT2D eigenvalue weighted by Gasteiger charge is -2.13. The fraction of sp³-hybridized carbons (Fsp3) is 0.200. The van der Waals surface area contributed by atoms with Gasteiger partial charge in [0.1, 0.15) is 0 Å². The highest BCUT2D eigenvalue weighted by molar-refractivity contribution is 6.42. The molecule has 1 aromatic heterocycles. The number of benzene rings is 1. The van der Waals surface area contributed by atoms with Crippen molar-refractivity contribution < 1.29 is 9.53 Å². The molecule has 0 aliphatic heterocycles.